The Kier molecular flexibility index (Phi) is 4.27. The average Bonchev–Trinajstić information content (AvgIpc) is 2.49. The van der Waals surface area contributed by atoms with Gasteiger partial charge in [-0.25, -0.2) is 0 Å². The number of hydrogen-bond acceptors (Lipinski definition) is 3. The van der Waals surface area contributed by atoms with Gasteiger partial charge in [0, 0.05) is 11.1 Å². The molecule has 2 aromatic carbocycles. The van der Waals surface area contributed by atoms with Gasteiger partial charge in [-0.15, -0.1) is 0 Å². The molecule has 0 heterocycles. The molecule has 0 N–H and O–H groups in total. The van der Waals surface area contributed by atoms with E-state index >= 15 is 0 Å². The molecule has 0 aliphatic carbocycles. The molecule has 0 radical (unpaired) electrons. The normalized spacial score (nSPS) is 9.50. The van der Waals surface area contributed by atoms with Crippen LogP contribution >= 0.6 is 0 Å². The molecule has 0 aliphatic rings. The highest BCUT2D eigenvalue weighted by atomic mass is 16.1. The number of hydrogen-bond donors (Lipinski definition) is 0. The maximum atomic E-state index is 12.3. The summed E-state index contributed by atoms with van der Waals surface area (Å²) in [4.78, 5) is 12.3. The quantitative estimate of drug-likeness (QED) is 0.793. The summed E-state index contributed by atoms with van der Waals surface area (Å²) in [6.07, 6.45) is 0.689. The largest absolute Gasteiger partial charge is 0.289 e. The van der Waals surface area contributed by atoms with Gasteiger partial charge in [-0.3, -0.25) is 4.79 Å². The lowest BCUT2D eigenvalue weighted by atomic mass is 10.00. The summed E-state index contributed by atoms with van der Waals surface area (Å²) in [5, 5.41) is 17.2. The number of benzene rings is 2. The van der Waals surface area contributed by atoms with Crippen molar-refractivity contribution in [3.63, 3.8) is 0 Å². The van der Waals surface area contributed by atoms with E-state index < -0.39 is 0 Å². The molecule has 96 valence electrons. The molecule has 2 aromatic rings. The van der Waals surface area contributed by atoms with E-state index in [1.54, 1.807) is 48.5 Å². The first-order valence-electron chi connectivity index (χ1n) is 6.21. The zero-order valence-corrected chi connectivity index (χ0v) is 10.8. The van der Waals surface area contributed by atoms with Crippen LogP contribution in [0.2, 0.25) is 0 Å². The molecule has 20 heavy (non-hydrogen) atoms. The van der Waals surface area contributed by atoms with Crippen molar-refractivity contribution in [3.8, 4) is 12.1 Å². The van der Waals surface area contributed by atoms with Crippen LogP contribution in [-0.2, 0) is 12.8 Å². The van der Waals surface area contributed by atoms with Crippen molar-refractivity contribution in [2.75, 3.05) is 0 Å². The molecule has 0 spiro atoms. The molecule has 0 fully saturated rings. The highest BCUT2D eigenvalue weighted by molar-refractivity contribution is 6.08. The zero-order valence-electron chi connectivity index (χ0n) is 10.8. The van der Waals surface area contributed by atoms with Crippen molar-refractivity contribution >= 4 is 5.78 Å². The van der Waals surface area contributed by atoms with Crippen molar-refractivity contribution in [1.82, 2.24) is 0 Å². The van der Waals surface area contributed by atoms with Crippen LogP contribution in [0.5, 0.6) is 0 Å². The Labute approximate surface area is 117 Å². The summed E-state index contributed by atoms with van der Waals surface area (Å²) in [7, 11) is 0. The zero-order chi connectivity index (χ0) is 14.4. The molecule has 0 amide bonds. The average molecular weight is 260 g/mol. The van der Waals surface area contributed by atoms with Crippen LogP contribution in [0.15, 0.2) is 48.5 Å². The molecular weight excluding hydrogens is 248 g/mol. The minimum Gasteiger partial charge on any atom is -0.289 e. The third kappa shape index (κ3) is 3.10. The topological polar surface area (TPSA) is 64.7 Å². The maximum Gasteiger partial charge on any atom is 0.193 e. The third-order valence-corrected chi connectivity index (χ3v) is 3.00. The number of nitrogens with zero attached hydrogens (tertiary/aromatic N) is 2. The van der Waals surface area contributed by atoms with Gasteiger partial charge in [-0.2, -0.15) is 10.5 Å². The Balaban J connectivity index is 2.18. The summed E-state index contributed by atoms with van der Waals surface area (Å²) >= 11 is 0. The highest BCUT2D eigenvalue weighted by Gasteiger charge is 2.08. The first-order chi connectivity index (χ1) is 9.74. The summed E-state index contributed by atoms with van der Waals surface area (Å²) in [5.74, 6) is -0.0583. The number of nitriles is 2. The predicted octanol–water partition coefficient (Wildman–Crippen LogP) is 3.05. The fraction of sp³-hybridized carbons (Fsp3) is 0.118. The highest BCUT2D eigenvalue weighted by Crippen LogP contribution is 2.13. The minimum absolute atomic E-state index is 0.0583. The molecule has 0 saturated carbocycles. The maximum absolute atomic E-state index is 12.3. The number of rotatable bonds is 4. The van der Waals surface area contributed by atoms with Crippen LogP contribution in [0.3, 0.4) is 0 Å². The van der Waals surface area contributed by atoms with Gasteiger partial charge >= 0.3 is 0 Å². The second kappa shape index (κ2) is 6.31. The third-order valence-electron chi connectivity index (χ3n) is 3.00. The minimum atomic E-state index is -0.0583. The van der Waals surface area contributed by atoms with Gasteiger partial charge in [0.25, 0.3) is 0 Å². The fourth-order valence-corrected chi connectivity index (χ4v) is 1.90. The lowest BCUT2D eigenvalue weighted by Gasteiger charge is -2.03. The SMILES string of the molecule is N#CCc1ccc(C(=O)c2ccc(CC#N)cc2)cc1. The molecule has 3 nitrogen and oxygen atoms in total. The first kappa shape index (κ1) is 13.5. The van der Waals surface area contributed by atoms with Crippen molar-refractivity contribution < 1.29 is 4.79 Å². The molecule has 0 bridgehead atoms. The van der Waals surface area contributed by atoms with Crippen LogP contribution < -0.4 is 0 Å². The molecule has 0 aromatic heterocycles. The number of carbonyl (C=O) groups is 1. The second-order valence-electron chi connectivity index (χ2n) is 4.39. The van der Waals surface area contributed by atoms with Crippen LogP contribution in [-0.4, -0.2) is 5.78 Å². The standard InChI is InChI=1S/C17H12N2O/c18-11-9-13-1-5-15(6-2-13)17(20)16-7-3-14(4-8-16)10-12-19/h1-8H,9-10H2. The molecular formula is C17H12N2O. The van der Waals surface area contributed by atoms with Crippen molar-refractivity contribution in [2.24, 2.45) is 0 Å². The predicted molar refractivity (Wildman–Crippen MR) is 75.0 cm³/mol. The Bertz CT molecular complexity index is 624. The number of carbonyl (C=O) groups excluding carboxylic acids is 1. The summed E-state index contributed by atoms with van der Waals surface area (Å²) in [6, 6.07) is 18.2. The van der Waals surface area contributed by atoms with Gasteiger partial charge in [0.1, 0.15) is 0 Å². The smallest absolute Gasteiger partial charge is 0.193 e. The Morgan fingerprint density at radius 1 is 0.750 bits per heavy atom. The first-order valence-corrected chi connectivity index (χ1v) is 6.21. The van der Waals surface area contributed by atoms with E-state index in [4.69, 9.17) is 10.5 Å². The van der Waals surface area contributed by atoms with Crippen molar-refractivity contribution in [1.29, 1.82) is 10.5 Å². The van der Waals surface area contributed by atoms with Crippen LogP contribution in [0.4, 0.5) is 0 Å². The van der Waals surface area contributed by atoms with Gasteiger partial charge in [0.2, 0.25) is 0 Å². The van der Waals surface area contributed by atoms with E-state index in [2.05, 4.69) is 12.1 Å². The van der Waals surface area contributed by atoms with Crippen LogP contribution in [0.1, 0.15) is 27.0 Å². The molecule has 0 atom stereocenters. The van der Waals surface area contributed by atoms with E-state index in [9.17, 15) is 4.79 Å². The van der Waals surface area contributed by atoms with Gasteiger partial charge in [-0.05, 0) is 11.1 Å². The Hall–Kier alpha value is -2.91. The lowest BCUT2D eigenvalue weighted by molar-refractivity contribution is 0.103. The van der Waals surface area contributed by atoms with Crippen molar-refractivity contribution in [2.45, 2.75) is 12.8 Å². The Morgan fingerprint density at radius 2 is 1.10 bits per heavy atom. The summed E-state index contributed by atoms with van der Waals surface area (Å²) in [5.41, 5.74) is 2.99. The van der Waals surface area contributed by atoms with Gasteiger partial charge in [0.15, 0.2) is 5.78 Å². The summed E-state index contributed by atoms with van der Waals surface area (Å²) < 4.78 is 0. The van der Waals surface area contributed by atoms with E-state index in [-0.39, 0.29) is 5.78 Å². The fourth-order valence-electron chi connectivity index (χ4n) is 1.90. The van der Waals surface area contributed by atoms with E-state index in [1.807, 2.05) is 0 Å². The number of ketones is 1. The molecule has 2 rings (SSSR count). The van der Waals surface area contributed by atoms with Crippen molar-refractivity contribution in [3.05, 3.63) is 70.8 Å². The van der Waals surface area contributed by atoms with Gasteiger partial charge in [0.05, 0.1) is 25.0 Å². The Morgan fingerprint density at radius 3 is 1.40 bits per heavy atom. The lowest BCUT2D eigenvalue weighted by Crippen LogP contribution is -2.01. The molecule has 0 saturated heterocycles. The monoisotopic (exact) mass is 260 g/mol. The van der Waals surface area contributed by atoms with Crippen LogP contribution in [0.25, 0.3) is 0 Å². The van der Waals surface area contributed by atoms with Gasteiger partial charge < -0.3 is 0 Å². The van der Waals surface area contributed by atoms with E-state index in [0.29, 0.717) is 24.0 Å². The summed E-state index contributed by atoms with van der Waals surface area (Å²) in [6.45, 7) is 0. The van der Waals surface area contributed by atoms with E-state index in [0.717, 1.165) is 11.1 Å². The van der Waals surface area contributed by atoms with E-state index in [1.165, 1.54) is 0 Å². The second-order valence-corrected chi connectivity index (χ2v) is 4.39. The molecule has 3 heteroatoms. The van der Waals surface area contributed by atoms with Gasteiger partial charge in [-0.1, -0.05) is 48.5 Å². The molecule has 0 unspecified atom stereocenters. The van der Waals surface area contributed by atoms with Crippen LogP contribution in [0, 0.1) is 22.7 Å². The molecule has 0 aliphatic heterocycles.